The van der Waals surface area contributed by atoms with Gasteiger partial charge in [-0.15, -0.1) is 5.10 Å². The third-order valence-electron chi connectivity index (χ3n) is 3.90. The van der Waals surface area contributed by atoms with Crippen LogP contribution in [-0.2, 0) is 0 Å². The van der Waals surface area contributed by atoms with Crippen LogP contribution in [-0.4, -0.2) is 29.5 Å². The molecule has 0 aliphatic carbocycles. The topological polar surface area (TPSA) is 88.8 Å². The Morgan fingerprint density at radius 1 is 1.16 bits per heavy atom. The lowest BCUT2D eigenvalue weighted by Crippen LogP contribution is -2.12. The van der Waals surface area contributed by atoms with Crippen LogP contribution < -0.4 is 5.56 Å². The molecule has 4 rings (SSSR count). The standard InChI is InChI=1S/C17H16N6OS/c1-9-8-10(2)23-16(18-9)21-17(22-23)25-11(3)14-19-13-7-5-4-6-12(13)15(24)20-14/h4-8,11H,1-3H3,(H,19,20,24)/t11-/m1/s1. The summed E-state index contributed by atoms with van der Waals surface area (Å²) in [6.07, 6.45) is 0. The quantitative estimate of drug-likeness (QED) is 0.570. The fourth-order valence-electron chi connectivity index (χ4n) is 2.71. The second-order valence-corrected chi connectivity index (χ2v) is 7.18. The Labute approximate surface area is 147 Å². The minimum absolute atomic E-state index is 0.101. The van der Waals surface area contributed by atoms with Crippen LogP contribution in [0.3, 0.4) is 0 Å². The summed E-state index contributed by atoms with van der Waals surface area (Å²) in [5.74, 6) is 1.18. The van der Waals surface area contributed by atoms with Gasteiger partial charge in [0.05, 0.1) is 16.2 Å². The number of aromatic nitrogens is 6. The monoisotopic (exact) mass is 352 g/mol. The smallest absolute Gasteiger partial charge is 0.258 e. The van der Waals surface area contributed by atoms with Crippen molar-refractivity contribution in [2.24, 2.45) is 0 Å². The molecule has 4 aromatic rings. The normalized spacial score (nSPS) is 12.8. The number of benzene rings is 1. The molecule has 0 fully saturated rings. The van der Waals surface area contributed by atoms with Crippen molar-refractivity contribution in [1.29, 1.82) is 0 Å². The molecular formula is C17H16N6OS. The molecule has 0 radical (unpaired) electrons. The van der Waals surface area contributed by atoms with Crippen molar-refractivity contribution in [3.8, 4) is 0 Å². The number of para-hydroxylation sites is 1. The van der Waals surface area contributed by atoms with Gasteiger partial charge in [0.2, 0.25) is 5.16 Å². The minimum Gasteiger partial charge on any atom is -0.309 e. The van der Waals surface area contributed by atoms with Crippen molar-refractivity contribution < 1.29 is 0 Å². The van der Waals surface area contributed by atoms with Crippen molar-refractivity contribution in [2.75, 3.05) is 0 Å². The van der Waals surface area contributed by atoms with Crippen LogP contribution in [0, 0.1) is 13.8 Å². The molecule has 7 nitrogen and oxygen atoms in total. The Kier molecular flexibility index (Phi) is 3.76. The molecule has 0 aliphatic rings. The summed E-state index contributed by atoms with van der Waals surface area (Å²) in [7, 11) is 0. The first-order valence-electron chi connectivity index (χ1n) is 7.88. The van der Waals surface area contributed by atoms with E-state index in [4.69, 9.17) is 0 Å². The second kappa shape index (κ2) is 5.96. The molecule has 1 aromatic carbocycles. The van der Waals surface area contributed by atoms with Gasteiger partial charge in [-0.3, -0.25) is 4.79 Å². The zero-order valence-electron chi connectivity index (χ0n) is 14.0. The van der Waals surface area contributed by atoms with E-state index in [2.05, 4.69) is 25.0 Å². The Hall–Kier alpha value is -2.74. The number of rotatable bonds is 3. The lowest BCUT2D eigenvalue weighted by molar-refractivity contribution is 0.837. The van der Waals surface area contributed by atoms with Gasteiger partial charge in [0.1, 0.15) is 5.82 Å². The van der Waals surface area contributed by atoms with E-state index in [9.17, 15) is 4.79 Å². The average molecular weight is 352 g/mol. The van der Waals surface area contributed by atoms with Crippen molar-refractivity contribution in [3.63, 3.8) is 0 Å². The van der Waals surface area contributed by atoms with Gasteiger partial charge < -0.3 is 4.98 Å². The molecule has 3 aromatic heterocycles. The molecule has 3 heterocycles. The zero-order chi connectivity index (χ0) is 17.6. The highest BCUT2D eigenvalue weighted by atomic mass is 32.2. The fraction of sp³-hybridized carbons (Fsp3) is 0.235. The van der Waals surface area contributed by atoms with E-state index in [0.29, 0.717) is 27.7 Å². The molecule has 0 amide bonds. The predicted octanol–water partition coefficient (Wildman–Crippen LogP) is 2.83. The van der Waals surface area contributed by atoms with Gasteiger partial charge in [-0.1, -0.05) is 23.9 Å². The van der Waals surface area contributed by atoms with Gasteiger partial charge in [-0.25, -0.2) is 14.5 Å². The summed E-state index contributed by atoms with van der Waals surface area (Å²) in [6.45, 7) is 5.87. The summed E-state index contributed by atoms with van der Waals surface area (Å²) >= 11 is 1.44. The first-order valence-corrected chi connectivity index (χ1v) is 8.76. The number of aromatic amines is 1. The first kappa shape index (κ1) is 15.8. The number of aryl methyl sites for hydroxylation is 2. The number of fused-ring (bicyclic) bond motifs is 2. The van der Waals surface area contributed by atoms with E-state index in [-0.39, 0.29) is 10.8 Å². The first-order chi connectivity index (χ1) is 12.0. The van der Waals surface area contributed by atoms with Crippen LogP contribution in [0.4, 0.5) is 0 Å². The van der Waals surface area contributed by atoms with E-state index in [1.54, 1.807) is 10.6 Å². The number of hydrogen-bond donors (Lipinski definition) is 1. The Bertz CT molecular complexity index is 1150. The minimum atomic E-state index is -0.135. The third kappa shape index (κ3) is 2.89. The number of H-pyrrole nitrogens is 1. The van der Waals surface area contributed by atoms with E-state index < -0.39 is 0 Å². The summed E-state index contributed by atoms with van der Waals surface area (Å²) in [6, 6.07) is 9.27. The van der Waals surface area contributed by atoms with Crippen LogP contribution in [0.25, 0.3) is 16.7 Å². The van der Waals surface area contributed by atoms with Crippen LogP contribution in [0.15, 0.2) is 40.3 Å². The van der Waals surface area contributed by atoms with Gasteiger partial charge in [0, 0.05) is 11.4 Å². The van der Waals surface area contributed by atoms with Gasteiger partial charge in [0.25, 0.3) is 11.3 Å². The van der Waals surface area contributed by atoms with E-state index in [1.807, 2.05) is 45.0 Å². The fourth-order valence-corrected chi connectivity index (χ4v) is 3.51. The second-order valence-electron chi connectivity index (χ2n) is 5.87. The van der Waals surface area contributed by atoms with Crippen LogP contribution in [0.1, 0.15) is 29.4 Å². The zero-order valence-corrected chi connectivity index (χ0v) is 14.8. The molecule has 8 heteroatoms. The predicted molar refractivity (Wildman–Crippen MR) is 96.9 cm³/mol. The van der Waals surface area contributed by atoms with Crippen LogP contribution in [0.2, 0.25) is 0 Å². The molecule has 126 valence electrons. The Morgan fingerprint density at radius 3 is 2.80 bits per heavy atom. The summed E-state index contributed by atoms with van der Waals surface area (Å²) in [5, 5.41) is 5.58. The van der Waals surface area contributed by atoms with E-state index >= 15 is 0 Å². The molecule has 0 unspecified atom stereocenters. The van der Waals surface area contributed by atoms with Gasteiger partial charge >= 0.3 is 0 Å². The summed E-state index contributed by atoms with van der Waals surface area (Å²) in [5.41, 5.74) is 2.43. The molecule has 25 heavy (non-hydrogen) atoms. The largest absolute Gasteiger partial charge is 0.309 e. The lowest BCUT2D eigenvalue weighted by atomic mass is 10.2. The van der Waals surface area contributed by atoms with Gasteiger partial charge in [0.15, 0.2) is 0 Å². The van der Waals surface area contributed by atoms with Crippen molar-refractivity contribution in [3.05, 3.63) is 57.9 Å². The van der Waals surface area contributed by atoms with E-state index in [0.717, 1.165) is 11.4 Å². The highest BCUT2D eigenvalue weighted by Gasteiger charge is 2.16. The maximum atomic E-state index is 12.2. The van der Waals surface area contributed by atoms with Crippen molar-refractivity contribution in [1.82, 2.24) is 29.5 Å². The molecule has 0 bridgehead atoms. The Morgan fingerprint density at radius 2 is 1.96 bits per heavy atom. The maximum Gasteiger partial charge on any atom is 0.258 e. The SMILES string of the molecule is Cc1cc(C)n2nc(S[C@H](C)c3nc4ccccc4c(=O)[nH]3)nc2n1. The van der Waals surface area contributed by atoms with Gasteiger partial charge in [-0.05, 0) is 39.0 Å². The van der Waals surface area contributed by atoms with Crippen molar-refractivity contribution >= 4 is 28.4 Å². The highest BCUT2D eigenvalue weighted by molar-refractivity contribution is 7.99. The molecule has 0 saturated heterocycles. The number of thioether (sulfide) groups is 1. The molecular weight excluding hydrogens is 336 g/mol. The average Bonchev–Trinajstić information content (AvgIpc) is 2.97. The number of nitrogens with zero attached hydrogens (tertiary/aromatic N) is 5. The van der Waals surface area contributed by atoms with E-state index in [1.165, 1.54) is 11.8 Å². The lowest BCUT2D eigenvalue weighted by Gasteiger charge is -2.08. The highest BCUT2D eigenvalue weighted by Crippen LogP contribution is 2.31. The van der Waals surface area contributed by atoms with Crippen LogP contribution in [0.5, 0.6) is 0 Å². The maximum absolute atomic E-state index is 12.2. The summed E-state index contributed by atoms with van der Waals surface area (Å²) < 4.78 is 1.72. The number of nitrogens with one attached hydrogen (secondary N) is 1. The summed E-state index contributed by atoms with van der Waals surface area (Å²) in [4.78, 5) is 28.5. The molecule has 1 atom stereocenters. The Balaban J connectivity index is 1.69. The molecule has 0 aliphatic heterocycles. The van der Waals surface area contributed by atoms with Crippen LogP contribution >= 0.6 is 11.8 Å². The molecule has 1 N–H and O–H groups in total. The van der Waals surface area contributed by atoms with Gasteiger partial charge in [-0.2, -0.15) is 4.98 Å². The third-order valence-corrected chi connectivity index (χ3v) is 4.86. The molecule has 0 saturated carbocycles. The number of hydrogen-bond acceptors (Lipinski definition) is 6. The molecule has 0 spiro atoms. The van der Waals surface area contributed by atoms with Crippen molar-refractivity contribution in [2.45, 2.75) is 31.2 Å².